The summed E-state index contributed by atoms with van der Waals surface area (Å²) in [5.41, 5.74) is 3.29. The molecular weight excluding hydrogens is 283 g/mol. The van der Waals surface area contributed by atoms with Gasteiger partial charge in [0.15, 0.2) is 0 Å². The molecule has 17 heavy (non-hydrogen) atoms. The number of rotatable bonds is 4. The zero-order valence-electron chi connectivity index (χ0n) is 9.66. The molecule has 0 aliphatic heterocycles. The largest absolute Gasteiger partial charge is 0.238 e. The summed E-state index contributed by atoms with van der Waals surface area (Å²) in [5, 5.41) is 5.16. The summed E-state index contributed by atoms with van der Waals surface area (Å²) in [6, 6.07) is 6.42. The van der Waals surface area contributed by atoms with Crippen LogP contribution in [0.1, 0.15) is 24.6 Å². The zero-order chi connectivity index (χ0) is 12.3. The molecule has 0 bridgehead atoms. The lowest BCUT2D eigenvalue weighted by molar-refractivity contribution is 0.626. The van der Waals surface area contributed by atoms with Gasteiger partial charge < -0.3 is 0 Å². The SMILES string of the molecule is CCCc1c(CBr)cnn1-c1ccc(F)cc1. The smallest absolute Gasteiger partial charge is 0.123 e. The van der Waals surface area contributed by atoms with Crippen molar-refractivity contribution in [3.63, 3.8) is 0 Å². The van der Waals surface area contributed by atoms with E-state index in [0.717, 1.165) is 23.9 Å². The van der Waals surface area contributed by atoms with Crippen molar-refractivity contribution >= 4 is 15.9 Å². The van der Waals surface area contributed by atoms with E-state index in [4.69, 9.17) is 0 Å². The predicted octanol–water partition coefficient (Wildman–Crippen LogP) is 3.86. The number of aromatic nitrogens is 2. The van der Waals surface area contributed by atoms with E-state index in [0.29, 0.717) is 0 Å². The first-order chi connectivity index (χ1) is 8.26. The Morgan fingerprint density at radius 1 is 1.29 bits per heavy atom. The van der Waals surface area contributed by atoms with Gasteiger partial charge in [-0.25, -0.2) is 9.07 Å². The molecule has 2 nitrogen and oxygen atoms in total. The zero-order valence-corrected chi connectivity index (χ0v) is 11.2. The summed E-state index contributed by atoms with van der Waals surface area (Å²) in [4.78, 5) is 0. The topological polar surface area (TPSA) is 17.8 Å². The minimum atomic E-state index is -0.223. The van der Waals surface area contributed by atoms with Crippen LogP contribution in [-0.2, 0) is 11.8 Å². The van der Waals surface area contributed by atoms with Crippen LogP contribution in [0.3, 0.4) is 0 Å². The van der Waals surface area contributed by atoms with Gasteiger partial charge in [0.2, 0.25) is 0 Å². The lowest BCUT2D eigenvalue weighted by Gasteiger charge is -2.08. The molecule has 0 amide bonds. The van der Waals surface area contributed by atoms with Gasteiger partial charge in [0.25, 0.3) is 0 Å². The predicted molar refractivity (Wildman–Crippen MR) is 70.1 cm³/mol. The average molecular weight is 297 g/mol. The molecule has 0 saturated carbocycles. The number of nitrogens with zero attached hydrogens (tertiary/aromatic N) is 2. The number of halogens is 2. The molecule has 0 atom stereocenters. The van der Waals surface area contributed by atoms with Crippen molar-refractivity contribution < 1.29 is 4.39 Å². The van der Waals surface area contributed by atoms with E-state index < -0.39 is 0 Å². The van der Waals surface area contributed by atoms with Gasteiger partial charge in [0.1, 0.15) is 5.82 Å². The summed E-state index contributed by atoms with van der Waals surface area (Å²) in [6.45, 7) is 2.14. The molecule has 90 valence electrons. The van der Waals surface area contributed by atoms with Gasteiger partial charge in [-0.2, -0.15) is 5.10 Å². The van der Waals surface area contributed by atoms with Crippen molar-refractivity contribution in [2.24, 2.45) is 0 Å². The molecule has 2 rings (SSSR count). The molecule has 2 aromatic rings. The summed E-state index contributed by atoms with van der Waals surface area (Å²) >= 11 is 3.46. The fourth-order valence-corrected chi connectivity index (χ4v) is 2.30. The van der Waals surface area contributed by atoms with Crippen molar-refractivity contribution in [2.45, 2.75) is 25.1 Å². The molecule has 0 saturated heterocycles. The van der Waals surface area contributed by atoms with Gasteiger partial charge in [0.05, 0.1) is 11.9 Å². The monoisotopic (exact) mass is 296 g/mol. The Kier molecular flexibility index (Phi) is 3.94. The minimum Gasteiger partial charge on any atom is -0.238 e. The maximum Gasteiger partial charge on any atom is 0.123 e. The Morgan fingerprint density at radius 3 is 2.59 bits per heavy atom. The summed E-state index contributed by atoms with van der Waals surface area (Å²) in [6.07, 6.45) is 3.90. The van der Waals surface area contributed by atoms with E-state index in [-0.39, 0.29) is 5.82 Å². The second kappa shape index (κ2) is 5.45. The third-order valence-corrected chi connectivity index (χ3v) is 3.26. The van der Waals surface area contributed by atoms with E-state index in [1.807, 2.05) is 10.9 Å². The molecule has 0 N–H and O–H groups in total. The van der Waals surface area contributed by atoms with Crippen LogP contribution >= 0.6 is 15.9 Å². The quantitative estimate of drug-likeness (QED) is 0.784. The molecule has 0 radical (unpaired) electrons. The fourth-order valence-electron chi connectivity index (χ4n) is 1.83. The first kappa shape index (κ1) is 12.3. The molecule has 0 unspecified atom stereocenters. The van der Waals surface area contributed by atoms with Crippen LogP contribution in [0, 0.1) is 5.82 Å². The Morgan fingerprint density at radius 2 is 2.00 bits per heavy atom. The maximum atomic E-state index is 12.9. The van der Waals surface area contributed by atoms with Crippen LogP contribution < -0.4 is 0 Å². The van der Waals surface area contributed by atoms with E-state index in [2.05, 4.69) is 28.0 Å². The second-order valence-electron chi connectivity index (χ2n) is 3.89. The van der Waals surface area contributed by atoms with Crippen LogP contribution in [0.2, 0.25) is 0 Å². The lowest BCUT2D eigenvalue weighted by Crippen LogP contribution is -2.03. The maximum absolute atomic E-state index is 12.9. The number of hydrogen-bond donors (Lipinski definition) is 0. The van der Waals surface area contributed by atoms with Crippen LogP contribution in [-0.4, -0.2) is 9.78 Å². The van der Waals surface area contributed by atoms with Gasteiger partial charge in [-0.1, -0.05) is 29.3 Å². The van der Waals surface area contributed by atoms with Crippen LogP contribution in [0.4, 0.5) is 4.39 Å². The van der Waals surface area contributed by atoms with E-state index in [9.17, 15) is 4.39 Å². The van der Waals surface area contributed by atoms with Gasteiger partial charge in [-0.05, 0) is 30.7 Å². The molecular formula is C13H14BrFN2. The number of benzene rings is 1. The van der Waals surface area contributed by atoms with E-state index in [1.54, 1.807) is 12.1 Å². The van der Waals surface area contributed by atoms with Gasteiger partial charge >= 0.3 is 0 Å². The van der Waals surface area contributed by atoms with Crippen molar-refractivity contribution in [3.8, 4) is 5.69 Å². The average Bonchev–Trinajstić information content (AvgIpc) is 2.74. The van der Waals surface area contributed by atoms with Crippen molar-refractivity contribution in [1.29, 1.82) is 0 Å². The Hall–Kier alpha value is -1.16. The molecule has 0 spiro atoms. The Bertz CT molecular complexity index is 491. The highest BCUT2D eigenvalue weighted by Gasteiger charge is 2.10. The van der Waals surface area contributed by atoms with Crippen molar-refractivity contribution in [3.05, 3.63) is 47.5 Å². The first-order valence-corrected chi connectivity index (χ1v) is 6.76. The molecule has 1 aromatic carbocycles. The second-order valence-corrected chi connectivity index (χ2v) is 4.45. The summed E-state index contributed by atoms with van der Waals surface area (Å²) in [7, 11) is 0. The lowest BCUT2D eigenvalue weighted by atomic mass is 10.2. The van der Waals surface area contributed by atoms with Gasteiger partial charge in [0, 0.05) is 16.6 Å². The fraction of sp³-hybridized carbons (Fsp3) is 0.308. The third kappa shape index (κ3) is 2.57. The Labute approximate surface area is 109 Å². The number of alkyl halides is 1. The van der Waals surface area contributed by atoms with Crippen molar-refractivity contribution in [1.82, 2.24) is 9.78 Å². The van der Waals surface area contributed by atoms with Gasteiger partial charge in [-0.15, -0.1) is 0 Å². The number of hydrogen-bond acceptors (Lipinski definition) is 1. The molecule has 1 aromatic heterocycles. The van der Waals surface area contributed by atoms with Crippen LogP contribution in [0.25, 0.3) is 5.69 Å². The highest BCUT2D eigenvalue weighted by Crippen LogP contribution is 2.19. The van der Waals surface area contributed by atoms with E-state index >= 15 is 0 Å². The molecule has 4 heteroatoms. The van der Waals surface area contributed by atoms with E-state index in [1.165, 1.54) is 23.4 Å². The van der Waals surface area contributed by atoms with Crippen molar-refractivity contribution in [2.75, 3.05) is 0 Å². The van der Waals surface area contributed by atoms with Crippen LogP contribution in [0.5, 0.6) is 0 Å². The third-order valence-electron chi connectivity index (χ3n) is 2.66. The summed E-state index contributed by atoms with van der Waals surface area (Å²) in [5.74, 6) is -0.223. The Balaban J connectivity index is 2.43. The summed E-state index contributed by atoms with van der Waals surface area (Å²) < 4.78 is 14.8. The highest BCUT2D eigenvalue weighted by atomic mass is 79.9. The molecule has 1 heterocycles. The van der Waals surface area contributed by atoms with Crippen LogP contribution in [0.15, 0.2) is 30.5 Å². The normalized spacial score (nSPS) is 10.8. The molecule has 0 aliphatic carbocycles. The standard InChI is InChI=1S/C13H14BrFN2/c1-2-3-13-10(8-14)9-16-17(13)12-6-4-11(15)5-7-12/h4-7,9H,2-3,8H2,1H3. The molecule has 0 aliphatic rings. The molecule has 0 fully saturated rings. The van der Waals surface area contributed by atoms with Gasteiger partial charge in [-0.3, -0.25) is 0 Å². The first-order valence-electron chi connectivity index (χ1n) is 5.64. The minimum absolute atomic E-state index is 0.223. The highest BCUT2D eigenvalue weighted by molar-refractivity contribution is 9.08.